The first-order valence-electron chi connectivity index (χ1n) is 7.85. The maximum atomic E-state index is 13.8. The second-order valence-electron chi connectivity index (χ2n) is 5.31. The van der Waals surface area contributed by atoms with E-state index < -0.39 is 0 Å². The van der Waals surface area contributed by atoms with Gasteiger partial charge in [0.05, 0.1) is 0 Å². The Bertz CT molecular complexity index is 564. The Hall–Kier alpha value is -1.45. The van der Waals surface area contributed by atoms with Gasteiger partial charge in [0, 0.05) is 11.9 Å². The van der Waals surface area contributed by atoms with Crippen LogP contribution in [-0.4, -0.2) is 31.1 Å². The van der Waals surface area contributed by atoms with Gasteiger partial charge in [0.25, 0.3) is 0 Å². The number of benzene rings is 2. The predicted molar refractivity (Wildman–Crippen MR) is 88.0 cm³/mol. The van der Waals surface area contributed by atoms with Crippen molar-refractivity contribution in [2.24, 2.45) is 0 Å². The standard InChI is InChI=1S/C18H25FN2/c1-3-21(4-2)13-7-12-20-14-15-10-11-18(19)17-9-6-5-8-16(15)17/h5-6,8-11,20H,3-4,7,12-14H2,1-2H3. The summed E-state index contributed by atoms with van der Waals surface area (Å²) < 4.78 is 13.8. The average Bonchev–Trinajstić information content (AvgIpc) is 2.53. The molecule has 0 radical (unpaired) electrons. The summed E-state index contributed by atoms with van der Waals surface area (Å²) in [6.07, 6.45) is 1.14. The summed E-state index contributed by atoms with van der Waals surface area (Å²) in [5, 5.41) is 5.18. The lowest BCUT2D eigenvalue weighted by Gasteiger charge is -2.17. The normalized spacial score (nSPS) is 11.4. The molecule has 1 N–H and O–H groups in total. The van der Waals surface area contributed by atoms with E-state index in [9.17, 15) is 4.39 Å². The molecule has 3 heteroatoms. The van der Waals surface area contributed by atoms with E-state index in [0.717, 1.165) is 50.1 Å². The first-order valence-corrected chi connectivity index (χ1v) is 7.85. The third-order valence-electron chi connectivity index (χ3n) is 4.00. The van der Waals surface area contributed by atoms with Crippen molar-refractivity contribution in [3.63, 3.8) is 0 Å². The minimum absolute atomic E-state index is 0.143. The van der Waals surface area contributed by atoms with Crippen LogP contribution < -0.4 is 5.32 Å². The van der Waals surface area contributed by atoms with Gasteiger partial charge in [-0.15, -0.1) is 0 Å². The first kappa shape index (κ1) is 15.9. The van der Waals surface area contributed by atoms with Crippen molar-refractivity contribution in [3.8, 4) is 0 Å². The Kier molecular flexibility index (Phi) is 6.15. The Morgan fingerprint density at radius 1 is 1.00 bits per heavy atom. The summed E-state index contributed by atoms with van der Waals surface area (Å²) in [6, 6.07) is 11.1. The molecule has 21 heavy (non-hydrogen) atoms. The first-order chi connectivity index (χ1) is 10.3. The van der Waals surface area contributed by atoms with Gasteiger partial charge in [-0.05, 0) is 49.6 Å². The molecule has 0 atom stereocenters. The van der Waals surface area contributed by atoms with Crippen LogP contribution in [-0.2, 0) is 6.54 Å². The molecule has 0 aliphatic carbocycles. The van der Waals surface area contributed by atoms with Crippen LogP contribution in [0.25, 0.3) is 10.8 Å². The molecule has 2 aromatic rings. The summed E-state index contributed by atoms with van der Waals surface area (Å²) in [4.78, 5) is 2.43. The molecule has 0 spiro atoms. The molecule has 0 heterocycles. The smallest absolute Gasteiger partial charge is 0.131 e. The van der Waals surface area contributed by atoms with Gasteiger partial charge in [-0.25, -0.2) is 4.39 Å². The fourth-order valence-corrected chi connectivity index (χ4v) is 2.67. The van der Waals surface area contributed by atoms with E-state index in [1.165, 1.54) is 0 Å². The van der Waals surface area contributed by atoms with Gasteiger partial charge in [-0.2, -0.15) is 0 Å². The molecule has 0 amide bonds. The zero-order valence-electron chi connectivity index (χ0n) is 13.0. The van der Waals surface area contributed by atoms with E-state index in [1.807, 2.05) is 30.3 Å². The van der Waals surface area contributed by atoms with Crippen molar-refractivity contribution in [1.82, 2.24) is 10.2 Å². The summed E-state index contributed by atoms with van der Waals surface area (Å²) >= 11 is 0. The summed E-state index contributed by atoms with van der Waals surface area (Å²) in [6.45, 7) is 9.52. The highest BCUT2D eigenvalue weighted by Gasteiger charge is 2.05. The minimum Gasteiger partial charge on any atom is -0.313 e. The van der Waals surface area contributed by atoms with Gasteiger partial charge >= 0.3 is 0 Å². The third-order valence-corrected chi connectivity index (χ3v) is 4.00. The Morgan fingerprint density at radius 2 is 1.71 bits per heavy atom. The van der Waals surface area contributed by atoms with Gasteiger partial charge in [-0.3, -0.25) is 0 Å². The summed E-state index contributed by atoms with van der Waals surface area (Å²) in [5.74, 6) is -0.143. The van der Waals surface area contributed by atoms with Crippen molar-refractivity contribution in [3.05, 3.63) is 47.8 Å². The Balaban J connectivity index is 1.88. The van der Waals surface area contributed by atoms with Crippen molar-refractivity contribution >= 4 is 10.8 Å². The highest BCUT2D eigenvalue weighted by molar-refractivity contribution is 5.86. The summed E-state index contributed by atoms with van der Waals surface area (Å²) in [5.41, 5.74) is 1.16. The average molecular weight is 288 g/mol. The maximum Gasteiger partial charge on any atom is 0.131 e. The molecular weight excluding hydrogens is 263 g/mol. The molecule has 0 saturated heterocycles. The van der Waals surface area contributed by atoms with E-state index in [-0.39, 0.29) is 5.82 Å². The monoisotopic (exact) mass is 288 g/mol. The second-order valence-corrected chi connectivity index (χ2v) is 5.31. The van der Waals surface area contributed by atoms with E-state index in [4.69, 9.17) is 0 Å². The molecule has 2 rings (SSSR count). The van der Waals surface area contributed by atoms with Gasteiger partial charge in [0.15, 0.2) is 0 Å². The zero-order chi connectivity index (χ0) is 15.1. The fourth-order valence-electron chi connectivity index (χ4n) is 2.67. The van der Waals surface area contributed by atoms with Gasteiger partial charge in [0.1, 0.15) is 5.82 Å². The zero-order valence-corrected chi connectivity index (χ0v) is 13.0. The van der Waals surface area contributed by atoms with E-state index in [2.05, 4.69) is 24.1 Å². The van der Waals surface area contributed by atoms with Gasteiger partial charge in [-0.1, -0.05) is 44.2 Å². The van der Waals surface area contributed by atoms with Crippen LogP contribution in [0.15, 0.2) is 36.4 Å². The number of nitrogens with one attached hydrogen (secondary N) is 1. The lowest BCUT2D eigenvalue weighted by Crippen LogP contribution is -2.27. The quantitative estimate of drug-likeness (QED) is 0.743. The van der Waals surface area contributed by atoms with Gasteiger partial charge in [0.2, 0.25) is 0 Å². The number of hydrogen-bond acceptors (Lipinski definition) is 2. The van der Waals surface area contributed by atoms with E-state index in [1.54, 1.807) is 6.07 Å². The van der Waals surface area contributed by atoms with Crippen LogP contribution in [0.5, 0.6) is 0 Å². The highest BCUT2D eigenvalue weighted by atomic mass is 19.1. The second kappa shape index (κ2) is 8.11. The summed E-state index contributed by atoms with van der Waals surface area (Å²) in [7, 11) is 0. The minimum atomic E-state index is -0.143. The molecule has 2 nitrogen and oxygen atoms in total. The van der Waals surface area contributed by atoms with Crippen LogP contribution in [0.3, 0.4) is 0 Å². The van der Waals surface area contributed by atoms with E-state index in [0.29, 0.717) is 5.39 Å². The molecule has 0 aliphatic rings. The van der Waals surface area contributed by atoms with Crippen LogP contribution in [0, 0.1) is 5.82 Å². The van der Waals surface area contributed by atoms with Crippen molar-refractivity contribution in [1.29, 1.82) is 0 Å². The highest BCUT2D eigenvalue weighted by Crippen LogP contribution is 2.21. The SMILES string of the molecule is CCN(CC)CCCNCc1ccc(F)c2ccccc12. The molecule has 0 aromatic heterocycles. The number of nitrogens with zero attached hydrogens (tertiary/aromatic N) is 1. The lowest BCUT2D eigenvalue weighted by molar-refractivity contribution is 0.298. The van der Waals surface area contributed by atoms with Crippen LogP contribution >= 0.6 is 0 Å². The largest absolute Gasteiger partial charge is 0.313 e. The van der Waals surface area contributed by atoms with Crippen molar-refractivity contribution in [2.45, 2.75) is 26.8 Å². The number of rotatable bonds is 8. The number of halogens is 1. The molecule has 0 fully saturated rings. The molecule has 0 bridgehead atoms. The number of fused-ring (bicyclic) bond motifs is 1. The maximum absolute atomic E-state index is 13.8. The molecule has 0 unspecified atom stereocenters. The molecule has 2 aromatic carbocycles. The topological polar surface area (TPSA) is 15.3 Å². The Morgan fingerprint density at radius 3 is 2.43 bits per heavy atom. The van der Waals surface area contributed by atoms with Crippen LogP contribution in [0.2, 0.25) is 0 Å². The van der Waals surface area contributed by atoms with Crippen molar-refractivity contribution < 1.29 is 4.39 Å². The van der Waals surface area contributed by atoms with E-state index >= 15 is 0 Å². The van der Waals surface area contributed by atoms with Crippen LogP contribution in [0.4, 0.5) is 4.39 Å². The van der Waals surface area contributed by atoms with Gasteiger partial charge < -0.3 is 10.2 Å². The fraction of sp³-hybridized carbons (Fsp3) is 0.444. The lowest BCUT2D eigenvalue weighted by atomic mass is 10.0. The molecule has 0 saturated carbocycles. The third kappa shape index (κ3) is 4.26. The predicted octanol–water partition coefficient (Wildman–Crippen LogP) is 3.80. The Labute approximate surface area is 127 Å². The number of hydrogen-bond donors (Lipinski definition) is 1. The molecule has 0 aliphatic heterocycles. The van der Waals surface area contributed by atoms with Crippen molar-refractivity contribution in [2.75, 3.05) is 26.2 Å². The van der Waals surface area contributed by atoms with Crippen LogP contribution in [0.1, 0.15) is 25.8 Å². The molecule has 114 valence electrons. The molecular formula is C18H25FN2.